The van der Waals surface area contributed by atoms with Crippen molar-refractivity contribution in [2.45, 2.75) is 38.0 Å². The number of hydrogen-bond acceptors (Lipinski definition) is 5. The highest BCUT2D eigenvalue weighted by atomic mass is 32.2. The highest BCUT2D eigenvalue weighted by molar-refractivity contribution is 7.89. The molecule has 30 heavy (non-hydrogen) atoms. The zero-order chi connectivity index (χ0) is 21.7. The van der Waals surface area contributed by atoms with Crippen molar-refractivity contribution < 1.29 is 17.9 Å². The van der Waals surface area contributed by atoms with E-state index >= 15 is 0 Å². The third-order valence-electron chi connectivity index (χ3n) is 5.74. The van der Waals surface area contributed by atoms with Crippen molar-refractivity contribution in [3.8, 4) is 11.5 Å². The van der Waals surface area contributed by atoms with Crippen molar-refractivity contribution in [3.63, 3.8) is 0 Å². The Kier molecular flexibility index (Phi) is 7.26. The van der Waals surface area contributed by atoms with Gasteiger partial charge in [-0.1, -0.05) is 13.8 Å². The molecule has 1 aliphatic rings. The molecule has 1 fully saturated rings. The summed E-state index contributed by atoms with van der Waals surface area (Å²) in [4.78, 5) is 2.55. The lowest BCUT2D eigenvalue weighted by Gasteiger charge is -2.35. The van der Waals surface area contributed by atoms with Gasteiger partial charge in [0.1, 0.15) is 11.5 Å². The minimum atomic E-state index is -3.54. The predicted octanol–water partition coefficient (Wildman–Crippen LogP) is 4.12. The number of ether oxygens (including phenoxy) is 2. The van der Waals surface area contributed by atoms with E-state index in [9.17, 15) is 8.42 Å². The van der Waals surface area contributed by atoms with Crippen molar-refractivity contribution in [1.82, 2.24) is 4.31 Å². The minimum absolute atomic E-state index is 0.230. The smallest absolute Gasteiger partial charge is 0.243 e. The third-order valence-corrected chi connectivity index (χ3v) is 7.63. The van der Waals surface area contributed by atoms with Crippen LogP contribution in [-0.4, -0.2) is 52.6 Å². The van der Waals surface area contributed by atoms with Gasteiger partial charge in [-0.05, 0) is 67.3 Å². The molecule has 1 saturated heterocycles. The van der Waals surface area contributed by atoms with Crippen LogP contribution >= 0.6 is 0 Å². The van der Waals surface area contributed by atoms with Gasteiger partial charge in [0, 0.05) is 31.9 Å². The summed E-state index contributed by atoms with van der Waals surface area (Å²) in [5.41, 5.74) is 2.03. The molecular weight excluding hydrogens is 400 g/mol. The van der Waals surface area contributed by atoms with E-state index in [4.69, 9.17) is 9.47 Å². The third kappa shape index (κ3) is 4.73. The number of nitrogens with zero attached hydrogens (tertiary/aromatic N) is 2. The van der Waals surface area contributed by atoms with Crippen molar-refractivity contribution in [3.05, 3.63) is 48.0 Å². The van der Waals surface area contributed by atoms with Crippen LogP contribution in [0.25, 0.3) is 0 Å². The molecular formula is C23H32N2O4S. The summed E-state index contributed by atoms with van der Waals surface area (Å²) in [7, 11) is -1.90. The lowest BCUT2D eigenvalue weighted by atomic mass is 9.98. The van der Waals surface area contributed by atoms with E-state index in [1.807, 2.05) is 31.2 Å². The second-order valence-corrected chi connectivity index (χ2v) is 9.47. The van der Waals surface area contributed by atoms with Gasteiger partial charge in [-0.25, -0.2) is 8.42 Å². The molecule has 1 heterocycles. The zero-order valence-electron chi connectivity index (χ0n) is 18.3. The number of rotatable bonds is 8. The first-order valence-corrected chi connectivity index (χ1v) is 12.0. The lowest BCUT2D eigenvalue weighted by Crippen LogP contribution is -2.48. The Morgan fingerprint density at radius 2 is 1.67 bits per heavy atom. The second-order valence-electron chi connectivity index (χ2n) is 7.53. The van der Waals surface area contributed by atoms with Gasteiger partial charge in [-0.2, -0.15) is 4.31 Å². The first-order chi connectivity index (χ1) is 14.4. The summed E-state index contributed by atoms with van der Waals surface area (Å²) >= 11 is 0. The van der Waals surface area contributed by atoms with Gasteiger partial charge in [0.2, 0.25) is 10.0 Å². The van der Waals surface area contributed by atoms with E-state index in [1.165, 1.54) is 0 Å². The van der Waals surface area contributed by atoms with Gasteiger partial charge in [0.15, 0.2) is 0 Å². The lowest BCUT2D eigenvalue weighted by molar-refractivity contribution is 0.334. The number of piperazine rings is 1. The molecule has 0 saturated carbocycles. The predicted molar refractivity (Wildman–Crippen MR) is 120 cm³/mol. The van der Waals surface area contributed by atoms with Crippen molar-refractivity contribution >= 4 is 15.7 Å². The maximum absolute atomic E-state index is 13.3. The van der Waals surface area contributed by atoms with Crippen LogP contribution in [0.15, 0.2) is 47.4 Å². The molecule has 0 aromatic heterocycles. The van der Waals surface area contributed by atoms with Gasteiger partial charge >= 0.3 is 0 Å². The summed E-state index contributed by atoms with van der Waals surface area (Å²) in [5, 5.41) is 0. The molecule has 0 radical (unpaired) electrons. The van der Waals surface area contributed by atoms with Crippen LogP contribution in [0, 0.1) is 0 Å². The van der Waals surface area contributed by atoms with Gasteiger partial charge in [-0.3, -0.25) is 0 Å². The molecule has 0 aliphatic carbocycles. The summed E-state index contributed by atoms with van der Waals surface area (Å²) < 4.78 is 39.1. The fourth-order valence-electron chi connectivity index (χ4n) is 3.71. The molecule has 0 N–H and O–H groups in total. The second kappa shape index (κ2) is 9.71. The summed E-state index contributed by atoms with van der Waals surface area (Å²) in [6.45, 7) is 8.92. The monoisotopic (exact) mass is 432 g/mol. The molecule has 7 heteroatoms. The first kappa shape index (κ1) is 22.4. The van der Waals surface area contributed by atoms with Crippen molar-refractivity contribution in [2.75, 3.05) is 44.8 Å². The average Bonchev–Trinajstić information content (AvgIpc) is 2.79. The Bertz CT molecular complexity index is 936. The van der Waals surface area contributed by atoms with Crippen LogP contribution in [0.1, 0.15) is 38.7 Å². The maximum atomic E-state index is 13.3. The summed E-state index contributed by atoms with van der Waals surface area (Å²) in [6, 6.07) is 13.1. The van der Waals surface area contributed by atoms with E-state index in [0.29, 0.717) is 37.7 Å². The average molecular weight is 433 g/mol. The Hall–Kier alpha value is -2.25. The standard InChI is InChI=1S/C23H32N2O4S/c1-5-18(3)22-17-21(11-12-23(22)29-6-2)30(26,27)25-15-13-24(14-16-25)19-7-9-20(28-4)10-8-19/h7-12,17-18H,5-6,13-16H2,1-4H3. The normalized spacial score (nSPS) is 16.3. The molecule has 1 atom stereocenters. The fraction of sp³-hybridized carbons (Fsp3) is 0.478. The first-order valence-electron chi connectivity index (χ1n) is 10.6. The number of benzene rings is 2. The number of anilines is 1. The molecule has 0 bridgehead atoms. The van der Waals surface area contributed by atoms with Crippen LogP contribution in [0.5, 0.6) is 11.5 Å². The highest BCUT2D eigenvalue weighted by Crippen LogP contribution is 2.32. The van der Waals surface area contributed by atoms with E-state index in [1.54, 1.807) is 29.6 Å². The molecule has 0 amide bonds. The van der Waals surface area contributed by atoms with Gasteiger partial charge in [-0.15, -0.1) is 0 Å². The van der Waals surface area contributed by atoms with Gasteiger partial charge in [0.25, 0.3) is 0 Å². The molecule has 164 valence electrons. The Labute approximate surface area is 180 Å². The number of methoxy groups -OCH3 is 1. The minimum Gasteiger partial charge on any atom is -0.497 e. The zero-order valence-corrected chi connectivity index (χ0v) is 19.1. The van der Waals surface area contributed by atoms with Crippen LogP contribution < -0.4 is 14.4 Å². The molecule has 6 nitrogen and oxygen atoms in total. The van der Waals surface area contributed by atoms with Crippen molar-refractivity contribution in [1.29, 1.82) is 0 Å². The summed E-state index contributed by atoms with van der Waals surface area (Å²) in [6.07, 6.45) is 0.921. The van der Waals surface area contributed by atoms with Crippen LogP contribution in [-0.2, 0) is 10.0 Å². The molecule has 2 aromatic carbocycles. The molecule has 1 aliphatic heterocycles. The molecule has 2 aromatic rings. The van der Waals surface area contributed by atoms with E-state index < -0.39 is 10.0 Å². The fourth-order valence-corrected chi connectivity index (χ4v) is 5.17. The summed E-state index contributed by atoms with van der Waals surface area (Å²) in [5.74, 6) is 1.82. The molecule has 0 spiro atoms. The topological polar surface area (TPSA) is 59.1 Å². The van der Waals surface area contributed by atoms with Gasteiger partial charge < -0.3 is 14.4 Å². The van der Waals surface area contributed by atoms with Crippen LogP contribution in [0.4, 0.5) is 5.69 Å². The Balaban J connectivity index is 1.76. The van der Waals surface area contributed by atoms with Crippen LogP contribution in [0.3, 0.4) is 0 Å². The number of sulfonamides is 1. The van der Waals surface area contributed by atoms with E-state index in [2.05, 4.69) is 18.7 Å². The van der Waals surface area contributed by atoms with Gasteiger partial charge in [0.05, 0.1) is 18.6 Å². The highest BCUT2D eigenvalue weighted by Gasteiger charge is 2.29. The van der Waals surface area contributed by atoms with Crippen LogP contribution in [0.2, 0.25) is 0 Å². The Morgan fingerprint density at radius 3 is 2.23 bits per heavy atom. The molecule has 1 unspecified atom stereocenters. The quantitative estimate of drug-likeness (QED) is 0.628. The SMILES string of the molecule is CCOc1ccc(S(=O)(=O)N2CCN(c3ccc(OC)cc3)CC2)cc1C(C)CC. The van der Waals surface area contributed by atoms with Crippen molar-refractivity contribution in [2.24, 2.45) is 0 Å². The van der Waals surface area contributed by atoms with E-state index in [-0.39, 0.29) is 5.92 Å². The number of hydrogen-bond donors (Lipinski definition) is 0. The maximum Gasteiger partial charge on any atom is 0.243 e. The molecule has 3 rings (SSSR count). The largest absolute Gasteiger partial charge is 0.497 e. The van der Waals surface area contributed by atoms with E-state index in [0.717, 1.165) is 29.2 Å². The Morgan fingerprint density at radius 1 is 1.00 bits per heavy atom.